The number of benzene rings is 1. The van der Waals surface area contributed by atoms with Gasteiger partial charge in [0.15, 0.2) is 6.19 Å². The van der Waals surface area contributed by atoms with Crippen LogP contribution in [0.2, 0.25) is 0 Å². The summed E-state index contributed by atoms with van der Waals surface area (Å²) in [6.45, 7) is 5.48. The zero-order valence-corrected chi connectivity index (χ0v) is 17.0. The Morgan fingerprint density at radius 2 is 2.13 bits per heavy atom. The fraction of sp³-hybridized carbons (Fsp3) is 0.533. The van der Waals surface area contributed by atoms with Crippen LogP contribution in [0.3, 0.4) is 0 Å². The van der Waals surface area contributed by atoms with Gasteiger partial charge in [-0.05, 0) is 46.5 Å². The summed E-state index contributed by atoms with van der Waals surface area (Å²) >= 11 is 6.68. The van der Waals surface area contributed by atoms with E-state index in [2.05, 4.69) is 38.1 Å². The molecule has 1 aromatic rings. The van der Waals surface area contributed by atoms with Crippen LogP contribution in [0.4, 0.5) is 0 Å². The average Bonchev–Trinajstić information content (AvgIpc) is 2.95. The largest absolute Gasteiger partial charge is 0.309 e. The lowest BCUT2D eigenvalue weighted by Crippen LogP contribution is -2.43. The topological polar surface area (TPSA) is 64.4 Å². The zero-order valence-electron chi connectivity index (χ0n) is 13.0. The van der Waals surface area contributed by atoms with Gasteiger partial charge >= 0.3 is 0 Å². The molecule has 8 heteroatoms. The van der Waals surface area contributed by atoms with Gasteiger partial charge in [-0.1, -0.05) is 29.8 Å². The Balaban J connectivity index is 2.42. The van der Waals surface area contributed by atoms with Gasteiger partial charge in [-0.2, -0.15) is 9.57 Å². The number of hydrogen-bond donors (Lipinski definition) is 0. The lowest BCUT2D eigenvalue weighted by molar-refractivity contribution is 0.292. The molecule has 1 saturated heterocycles. The van der Waals surface area contributed by atoms with E-state index in [1.165, 1.54) is 0 Å². The van der Waals surface area contributed by atoms with E-state index in [9.17, 15) is 8.42 Å². The van der Waals surface area contributed by atoms with E-state index in [-0.39, 0.29) is 16.9 Å². The van der Waals surface area contributed by atoms with Crippen molar-refractivity contribution in [3.63, 3.8) is 0 Å². The molecule has 1 aliphatic heterocycles. The van der Waals surface area contributed by atoms with E-state index in [0.717, 1.165) is 0 Å². The summed E-state index contributed by atoms with van der Waals surface area (Å²) < 4.78 is 29.2. The second kappa shape index (κ2) is 7.51. The number of nitrogens with zero attached hydrogens (tertiary/aromatic N) is 3. The summed E-state index contributed by atoms with van der Waals surface area (Å²) in [7, 11) is -3.64. The molecule has 0 bridgehead atoms. The van der Waals surface area contributed by atoms with Gasteiger partial charge in [-0.25, -0.2) is 8.42 Å². The number of sulfonamides is 1. The average molecular weight is 465 g/mol. The van der Waals surface area contributed by atoms with E-state index in [1.807, 2.05) is 13.8 Å². The summed E-state index contributed by atoms with van der Waals surface area (Å²) in [6.07, 6.45) is 2.78. The van der Waals surface area contributed by atoms with Crippen molar-refractivity contribution >= 4 is 41.9 Å². The maximum Gasteiger partial charge on any atom is 0.244 e. The first-order valence-corrected chi connectivity index (χ1v) is 10.4. The fourth-order valence-electron chi connectivity index (χ4n) is 2.67. The molecule has 1 heterocycles. The molecule has 0 N–H and O–H groups in total. The van der Waals surface area contributed by atoms with Crippen molar-refractivity contribution in [3.05, 3.63) is 27.1 Å². The van der Waals surface area contributed by atoms with Crippen LogP contribution in [0, 0.1) is 17.4 Å². The van der Waals surface area contributed by atoms with Crippen LogP contribution in [0.5, 0.6) is 0 Å². The van der Waals surface area contributed by atoms with Crippen molar-refractivity contribution in [2.75, 3.05) is 19.6 Å². The standard InChI is InChI=1S/C15H19Br2N3O2S/c1-11(2)8-20(13-5-6-19(9-13)10-18)23(21,22)15-7-12(16)3-4-14(15)17/h3-4,7,11,13H,5-6,8-9H2,1-2H3. The summed E-state index contributed by atoms with van der Waals surface area (Å²) in [4.78, 5) is 1.87. The highest BCUT2D eigenvalue weighted by molar-refractivity contribution is 9.11. The normalized spacial score (nSPS) is 18.7. The first-order chi connectivity index (χ1) is 10.8. The summed E-state index contributed by atoms with van der Waals surface area (Å²) in [6, 6.07) is 4.96. The highest BCUT2D eigenvalue weighted by atomic mass is 79.9. The number of likely N-dealkylation sites (tertiary alicyclic amines) is 1. The quantitative estimate of drug-likeness (QED) is 0.626. The van der Waals surface area contributed by atoms with Crippen LogP contribution in [-0.4, -0.2) is 43.3 Å². The van der Waals surface area contributed by atoms with Crippen molar-refractivity contribution in [2.24, 2.45) is 5.92 Å². The van der Waals surface area contributed by atoms with Crippen molar-refractivity contribution in [2.45, 2.75) is 31.2 Å². The Morgan fingerprint density at radius 3 is 2.70 bits per heavy atom. The van der Waals surface area contributed by atoms with Gasteiger partial charge in [0.2, 0.25) is 10.0 Å². The molecule has 1 aliphatic rings. The van der Waals surface area contributed by atoms with Gasteiger partial charge < -0.3 is 4.90 Å². The van der Waals surface area contributed by atoms with Crippen LogP contribution in [-0.2, 0) is 10.0 Å². The van der Waals surface area contributed by atoms with Crippen LogP contribution < -0.4 is 0 Å². The first kappa shape index (κ1) is 18.7. The molecule has 1 fully saturated rings. The Bertz CT molecular complexity index is 716. The summed E-state index contributed by atoms with van der Waals surface area (Å²) in [5, 5.41) is 9.04. The van der Waals surface area contributed by atoms with Crippen LogP contribution in [0.25, 0.3) is 0 Å². The lowest BCUT2D eigenvalue weighted by atomic mass is 10.2. The second-order valence-corrected chi connectivity index (χ2v) is 9.66. The molecule has 5 nitrogen and oxygen atoms in total. The molecule has 1 unspecified atom stereocenters. The maximum absolute atomic E-state index is 13.2. The molecular weight excluding hydrogens is 446 g/mol. The predicted octanol–water partition coefficient (Wildman–Crippen LogP) is 3.41. The SMILES string of the molecule is CC(C)CN(C1CCN(C#N)C1)S(=O)(=O)c1cc(Br)ccc1Br. The molecular formula is C15H19Br2N3O2S. The monoisotopic (exact) mass is 463 g/mol. The molecule has 23 heavy (non-hydrogen) atoms. The van der Waals surface area contributed by atoms with E-state index in [4.69, 9.17) is 5.26 Å². The minimum Gasteiger partial charge on any atom is -0.309 e. The molecule has 0 saturated carbocycles. The number of nitriles is 1. The summed E-state index contributed by atoms with van der Waals surface area (Å²) in [5.74, 6) is 0.201. The predicted molar refractivity (Wildman–Crippen MR) is 96.2 cm³/mol. The molecule has 1 aromatic carbocycles. The molecule has 1 atom stereocenters. The van der Waals surface area contributed by atoms with Crippen molar-refractivity contribution in [3.8, 4) is 6.19 Å². The third kappa shape index (κ3) is 4.27. The first-order valence-electron chi connectivity index (χ1n) is 7.37. The van der Waals surface area contributed by atoms with Gasteiger partial charge in [-0.15, -0.1) is 0 Å². The van der Waals surface area contributed by atoms with E-state index in [1.54, 1.807) is 27.4 Å². The third-order valence-electron chi connectivity index (χ3n) is 3.74. The summed E-state index contributed by atoms with van der Waals surface area (Å²) in [5.41, 5.74) is 0. The molecule has 0 aromatic heterocycles. The van der Waals surface area contributed by atoms with E-state index in [0.29, 0.717) is 35.0 Å². The van der Waals surface area contributed by atoms with E-state index < -0.39 is 10.0 Å². The lowest BCUT2D eigenvalue weighted by Gasteiger charge is -2.29. The molecule has 0 aliphatic carbocycles. The number of rotatable bonds is 5. The molecule has 0 amide bonds. The van der Waals surface area contributed by atoms with Gasteiger partial charge in [0.05, 0.1) is 4.90 Å². The van der Waals surface area contributed by atoms with Gasteiger partial charge in [0, 0.05) is 34.6 Å². The van der Waals surface area contributed by atoms with Crippen LogP contribution in [0.1, 0.15) is 20.3 Å². The Morgan fingerprint density at radius 1 is 1.43 bits per heavy atom. The Labute approximate surface area is 154 Å². The van der Waals surface area contributed by atoms with Crippen molar-refractivity contribution in [1.29, 1.82) is 5.26 Å². The van der Waals surface area contributed by atoms with Gasteiger partial charge in [0.25, 0.3) is 0 Å². The zero-order chi connectivity index (χ0) is 17.2. The third-order valence-corrected chi connectivity index (χ3v) is 7.14. The highest BCUT2D eigenvalue weighted by Crippen LogP contribution is 2.31. The van der Waals surface area contributed by atoms with Crippen molar-refractivity contribution < 1.29 is 8.42 Å². The minimum atomic E-state index is -3.64. The molecule has 2 rings (SSSR count). The van der Waals surface area contributed by atoms with Crippen LogP contribution >= 0.6 is 31.9 Å². The Hall–Kier alpha value is -0.620. The Kier molecular flexibility index (Phi) is 6.11. The number of halogens is 2. The fourth-order valence-corrected chi connectivity index (χ4v) is 5.95. The van der Waals surface area contributed by atoms with Gasteiger partial charge in [0.1, 0.15) is 0 Å². The smallest absolute Gasteiger partial charge is 0.244 e. The highest BCUT2D eigenvalue weighted by Gasteiger charge is 2.37. The number of hydrogen-bond acceptors (Lipinski definition) is 4. The maximum atomic E-state index is 13.2. The molecule has 126 valence electrons. The van der Waals surface area contributed by atoms with Gasteiger partial charge in [-0.3, -0.25) is 0 Å². The minimum absolute atomic E-state index is 0.173. The second-order valence-electron chi connectivity index (χ2n) is 6.03. The van der Waals surface area contributed by atoms with Crippen LogP contribution in [0.15, 0.2) is 32.0 Å². The van der Waals surface area contributed by atoms with Crippen molar-refractivity contribution in [1.82, 2.24) is 9.21 Å². The van der Waals surface area contributed by atoms with E-state index >= 15 is 0 Å². The molecule has 0 radical (unpaired) electrons. The molecule has 0 spiro atoms.